The fourth-order valence-electron chi connectivity index (χ4n) is 3.50. The summed E-state index contributed by atoms with van der Waals surface area (Å²) >= 11 is 0. The van der Waals surface area contributed by atoms with Crippen molar-refractivity contribution in [2.45, 2.75) is 38.8 Å². The summed E-state index contributed by atoms with van der Waals surface area (Å²) in [5.41, 5.74) is -0.117. The third-order valence-corrected chi connectivity index (χ3v) is 5.10. The first-order valence-electron chi connectivity index (χ1n) is 9.46. The number of piperidine rings is 1. The Morgan fingerprint density at radius 1 is 1.21 bits per heavy atom. The van der Waals surface area contributed by atoms with E-state index in [9.17, 15) is 14.4 Å². The Morgan fingerprint density at radius 2 is 1.93 bits per heavy atom. The number of rotatable bonds is 6. The standard InChI is InChI=1S/C18H26N6O4/c1-4-23-16(20-24(18(23)27)11-12-28-3)13-7-9-22(10-8-13)17(26)14-5-6-15(25)21(2)19-14/h5-6,13H,4,7-12H2,1-3H3. The van der Waals surface area contributed by atoms with E-state index in [2.05, 4.69) is 10.2 Å². The van der Waals surface area contributed by atoms with Gasteiger partial charge in [-0.25, -0.2) is 14.2 Å². The summed E-state index contributed by atoms with van der Waals surface area (Å²) in [6.07, 6.45) is 1.44. The molecule has 10 heteroatoms. The van der Waals surface area contributed by atoms with E-state index in [1.807, 2.05) is 6.92 Å². The van der Waals surface area contributed by atoms with Crippen LogP contribution in [0.15, 0.2) is 21.7 Å². The molecule has 2 aromatic heterocycles. The Labute approximate surface area is 162 Å². The predicted octanol–water partition coefficient (Wildman–Crippen LogP) is -0.175. The molecule has 2 aromatic rings. The first-order chi connectivity index (χ1) is 13.5. The van der Waals surface area contributed by atoms with Gasteiger partial charge >= 0.3 is 5.69 Å². The molecule has 0 bridgehead atoms. The highest BCUT2D eigenvalue weighted by atomic mass is 16.5. The second-order valence-corrected chi connectivity index (χ2v) is 6.85. The maximum absolute atomic E-state index is 12.7. The molecule has 0 N–H and O–H groups in total. The SMILES string of the molecule is CCn1c(C2CCN(C(=O)c3ccc(=O)n(C)n3)CC2)nn(CCOC)c1=O. The molecule has 3 rings (SSSR count). The van der Waals surface area contributed by atoms with Crippen molar-refractivity contribution in [3.8, 4) is 0 Å². The van der Waals surface area contributed by atoms with E-state index < -0.39 is 0 Å². The van der Waals surface area contributed by atoms with Gasteiger partial charge in [0.2, 0.25) is 0 Å². The zero-order chi connectivity index (χ0) is 20.3. The number of aryl methyl sites for hydroxylation is 1. The van der Waals surface area contributed by atoms with E-state index in [0.717, 1.165) is 23.3 Å². The van der Waals surface area contributed by atoms with E-state index in [1.54, 1.807) is 16.6 Å². The largest absolute Gasteiger partial charge is 0.383 e. The van der Waals surface area contributed by atoms with E-state index >= 15 is 0 Å². The monoisotopic (exact) mass is 390 g/mol. The van der Waals surface area contributed by atoms with Gasteiger partial charge in [0.1, 0.15) is 11.5 Å². The second-order valence-electron chi connectivity index (χ2n) is 6.85. The second kappa shape index (κ2) is 8.51. The molecule has 0 aliphatic carbocycles. The lowest BCUT2D eigenvalue weighted by molar-refractivity contribution is 0.0701. The topological polar surface area (TPSA) is 104 Å². The summed E-state index contributed by atoms with van der Waals surface area (Å²) in [4.78, 5) is 38.4. The highest BCUT2D eigenvalue weighted by molar-refractivity contribution is 5.92. The van der Waals surface area contributed by atoms with Crippen molar-refractivity contribution in [1.29, 1.82) is 0 Å². The van der Waals surface area contributed by atoms with Crippen LogP contribution >= 0.6 is 0 Å². The smallest absolute Gasteiger partial charge is 0.345 e. The molecule has 0 saturated carbocycles. The van der Waals surface area contributed by atoms with Crippen molar-refractivity contribution in [2.75, 3.05) is 26.8 Å². The van der Waals surface area contributed by atoms with Gasteiger partial charge in [0.25, 0.3) is 11.5 Å². The van der Waals surface area contributed by atoms with Gasteiger partial charge in [0.05, 0.1) is 13.2 Å². The molecule has 10 nitrogen and oxygen atoms in total. The van der Waals surface area contributed by atoms with Crippen LogP contribution in [0.1, 0.15) is 42.0 Å². The first-order valence-corrected chi connectivity index (χ1v) is 9.46. The molecule has 1 saturated heterocycles. The van der Waals surface area contributed by atoms with Crippen LogP contribution in [-0.4, -0.2) is 61.7 Å². The summed E-state index contributed by atoms with van der Waals surface area (Å²) in [7, 11) is 3.12. The molecular weight excluding hydrogens is 364 g/mol. The molecule has 1 aliphatic heterocycles. The Balaban J connectivity index is 1.71. The lowest BCUT2D eigenvalue weighted by atomic mass is 9.95. The van der Waals surface area contributed by atoms with Gasteiger partial charge in [-0.3, -0.25) is 14.2 Å². The van der Waals surface area contributed by atoms with E-state index in [0.29, 0.717) is 32.8 Å². The normalized spacial score (nSPS) is 15.2. The molecular formula is C18H26N6O4. The fourth-order valence-corrected chi connectivity index (χ4v) is 3.50. The van der Waals surface area contributed by atoms with Crippen molar-refractivity contribution >= 4 is 5.91 Å². The molecule has 0 aromatic carbocycles. The molecule has 1 aliphatic rings. The van der Waals surface area contributed by atoms with E-state index in [-0.39, 0.29) is 28.8 Å². The molecule has 3 heterocycles. The van der Waals surface area contributed by atoms with Crippen LogP contribution in [0, 0.1) is 0 Å². The maximum Gasteiger partial charge on any atom is 0.345 e. The van der Waals surface area contributed by atoms with Crippen molar-refractivity contribution in [3.05, 3.63) is 44.5 Å². The van der Waals surface area contributed by atoms with Crippen molar-refractivity contribution in [3.63, 3.8) is 0 Å². The third kappa shape index (κ3) is 3.91. The zero-order valence-corrected chi connectivity index (χ0v) is 16.5. The summed E-state index contributed by atoms with van der Waals surface area (Å²) in [6.45, 7) is 4.44. The quantitative estimate of drug-likeness (QED) is 0.678. The minimum atomic E-state index is -0.253. The van der Waals surface area contributed by atoms with E-state index in [1.165, 1.54) is 23.9 Å². The van der Waals surface area contributed by atoms with Crippen LogP contribution in [0.25, 0.3) is 0 Å². The number of amides is 1. The van der Waals surface area contributed by atoms with Crippen LogP contribution in [0.5, 0.6) is 0 Å². The third-order valence-electron chi connectivity index (χ3n) is 5.10. The van der Waals surface area contributed by atoms with Crippen LogP contribution in [0.3, 0.4) is 0 Å². The van der Waals surface area contributed by atoms with Crippen LogP contribution in [0.2, 0.25) is 0 Å². The molecule has 0 unspecified atom stereocenters. The molecule has 1 fully saturated rings. The number of carbonyl (C=O) groups is 1. The Bertz CT molecular complexity index is 952. The average molecular weight is 390 g/mol. The number of ether oxygens (including phenoxy) is 1. The number of aromatic nitrogens is 5. The van der Waals surface area contributed by atoms with Gasteiger partial charge < -0.3 is 9.64 Å². The summed E-state index contributed by atoms with van der Waals surface area (Å²) < 4.78 is 9.36. The zero-order valence-electron chi connectivity index (χ0n) is 16.5. The van der Waals surface area contributed by atoms with Crippen molar-refractivity contribution in [1.82, 2.24) is 29.0 Å². The molecule has 0 radical (unpaired) electrons. The first kappa shape index (κ1) is 20.0. The number of nitrogens with zero attached hydrogens (tertiary/aromatic N) is 6. The van der Waals surface area contributed by atoms with Crippen molar-refractivity contribution in [2.24, 2.45) is 7.05 Å². The minimum Gasteiger partial charge on any atom is -0.383 e. The van der Waals surface area contributed by atoms with Crippen LogP contribution in [-0.2, 0) is 24.9 Å². The molecule has 152 valence electrons. The van der Waals surface area contributed by atoms with Crippen LogP contribution < -0.4 is 11.2 Å². The fraction of sp³-hybridized carbons (Fsp3) is 0.611. The van der Waals surface area contributed by atoms with Crippen LogP contribution in [0.4, 0.5) is 0 Å². The molecule has 0 spiro atoms. The lowest BCUT2D eigenvalue weighted by Gasteiger charge is -2.31. The number of hydrogen-bond donors (Lipinski definition) is 0. The van der Waals surface area contributed by atoms with Gasteiger partial charge in [-0.05, 0) is 25.8 Å². The average Bonchev–Trinajstić information content (AvgIpc) is 3.03. The maximum atomic E-state index is 12.7. The van der Waals surface area contributed by atoms with Crippen molar-refractivity contribution < 1.29 is 9.53 Å². The van der Waals surface area contributed by atoms with Gasteiger partial charge in [-0.15, -0.1) is 0 Å². The number of carbonyl (C=O) groups excluding carboxylic acids is 1. The summed E-state index contributed by atoms with van der Waals surface area (Å²) in [5.74, 6) is 0.706. The predicted molar refractivity (Wildman–Crippen MR) is 101 cm³/mol. The molecule has 1 amide bonds. The number of hydrogen-bond acceptors (Lipinski definition) is 6. The molecule has 28 heavy (non-hydrogen) atoms. The minimum absolute atomic E-state index is 0.119. The number of likely N-dealkylation sites (tertiary alicyclic amines) is 1. The van der Waals surface area contributed by atoms with E-state index in [4.69, 9.17) is 4.74 Å². The Morgan fingerprint density at radius 3 is 2.54 bits per heavy atom. The molecule has 0 atom stereocenters. The summed E-state index contributed by atoms with van der Waals surface area (Å²) in [6, 6.07) is 2.81. The van der Waals surface area contributed by atoms with Gasteiger partial charge in [-0.1, -0.05) is 0 Å². The van der Waals surface area contributed by atoms with Gasteiger partial charge in [0.15, 0.2) is 0 Å². The lowest BCUT2D eigenvalue weighted by Crippen LogP contribution is -2.39. The Hall–Kier alpha value is -2.75. The Kier molecular flexibility index (Phi) is 6.08. The highest BCUT2D eigenvalue weighted by Crippen LogP contribution is 2.26. The highest BCUT2D eigenvalue weighted by Gasteiger charge is 2.29. The number of methoxy groups -OCH3 is 1. The van der Waals surface area contributed by atoms with Gasteiger partial charge in [0, 0.05) is 45.8 Å². The summed E-state index contributed by atoms with van der Waals surface area (Å²) in [5, 5.41) is 8.56. The van der Waals surface area contributed by atoms with Gasteiger partial charge in [-0.2, -0.15) is 10.2 Å².